The SMILES string of the molecule is C=C1NC(C)(C)c2ccc(C)nc21. The van der Waals surface area contributed by atoms with Crippen LogP contribution in [0.3, 0.4) is 0 Å². The van der Waals surface area contributed by atoms with Gasteiger partial charge in [-0.1, -0.05) is 12.6 Å². The van der Waals surface area contributed by atoms with Gasteiger partial charge in [-0.2, -0.15) is 0 Å². The van der Waals surface area contributed by atoms with Crippen LogP contribution in [-0.2, 0) is 5.54 Å². The van der Waals surface area contributed by atoms with E-state index < -0.39 is 0 Å². The minimum absolute atomic E-state index is 0.0207. The molecule has 2 rings (SSSR count). The lowest BCUT2D eigenvalue weighted by atomic mass is 9.97. The minimum atomic E-state index is -0.0207. The van der Waals surface area contributed by atoms with Gasteiger partial charge in [0.1, 0.15) is 0 Å². The topological polar surface area (TPSA) is 24.9 Å². The first-order valence-corrected chi connectivity index (χ1v) is 4.46. The summed E-state index contributed by atoms with van der Waals surface area (Å²) < 4.78 is 0. The number of nitrogens with one attached hydrogen (secondary N) is 1. The van der Waals surface area contributed by atoms with Gasteiger partial charge in [-0.15, -0.1) is 0 Å². The second-order valence-electron chi connectivity index (χ2n) is 4.08. The van der Waals surface area contributed by atoms with Crippen LogP contribution in [0.25, 0.3) is 5.70 Å². The van der Waals surface area contributed by atoms with E-state index in [1.54, 1.807) is 0 Å². The summed E-state index contributed by atoms with van der Waals surface area (Å²) in [7, 11) is 0. The van der Waals surface area contributed by atoms with Crippen molar-refractivity contribution in [3.05, 3.63) is 35.7 Å². The van der Waals surface area contributed by atoms with E-state index in [-0.39, 0.29) is 5.54 Å². The van der Waals surface area contributed by atoms with Crippen molar-refractivity contribution >= 4 is 5.70 Å². The molecule has 1 N–H and O–H groups in total. The number of nitrogens with zero attached hydrogens (tertiary/aromatic N) is 1. The fraction of sp³-hybridized carbons (Fsp3) is 0.364. The summed E-state index contributed by atoms with van der Waals surface area (Å²) in [6.07, 6.45) is 0. The van der Waals surface area contributed by atoms with Gasteiger partial charge in [0.15, 0.2) is 0 Å². The maximum Gasteiger partial charge on any atom is 0.0913 e. The van der Waals surface area contributed by atoms with Crippen molar-refractivity contribution in [2.75, 3.05) is 0 Å². The van der Waals surface area contributed by atoms with Crippen LogP contribution in [0.4, 0.5) is 0 Å². The Labute approximate surface area is 78.7 Å². The molecule has 0 saturated carbocycles. The Bertz CT molecular complexity index is 378. The molecule has 0 spiro atoms. The van der Waals surface area contributed by atoms with Crippen LogP contribution in [0.1, 0.15) is 30.8 Å². The molecule has 0 aliphatic carbocycles. The molecule has 2 heterocycles. The van der Waals surface area contributed by atoms with Crippen LogP contribution >= 0.6 is 0 Å². The second kappa shape index (κ2) is 2.34. The molecule has 0 fully saturated rings. The molecule has 0 aromatic carbocycles. The minimum Gasteiger partial charge on any atom is -0.375 e. The molecule has 13 heavy (non-hydrogen) atoms. The highest BCUT2D eigenvalue weighted by Crippen LogP contribution is 2.34. The van der Waals surface area contributed by atoms with Gasteiger partial charge in [0.25, 0.3) is 0 Å². The first kappa shape index (κ1) is 8.30. The smallest absolute Gasteiger partial charge is 0.0913 e. The largest absolute Gasteiger partial charge is 0.375 e. The fourth-order valence-electron chi connectivity index (χ4n) is 1.79. The maximum absolute atomic E-state index is 4.47. The Morgan fingerprint density at radius 3 is 2.77 bits per heavy atom. The summed E-state index contributed by atoms with van der Waals surface area (Å²) in [4.78, 5) is 4.47. The molecule has 0 atom stereocenters. The summed E-state index contributed by atoms with van der Waals surface area (Å²) in [5, 5.41) is 3.33. The monoisotopic (exact) mass is 174 g/mol. The first-order valence-electron chi connectivity index (χ1n) is 4.46. The third-order valence-electron chi connectivity index (χ3n) is 2.46. The third kappa shape index (κ3) is 1.13. The van der Waals surface area contributed by atoms with Crippen LogP contribution in [0.15, 0.2) is 18.7 Å². The molecule has 0 saturated heterocycles. The fourth-order valence-corrected chi connectivity index (χ4v) is 1.79. The second-order valence-corrected chi connectivity index (χ2v) is 4.08. The van der Waals surface area contributed by atoms with Gasteiger partial charge < -0.3 is 5.32 Å². The zero-order chi connectivity index (χ0) is 9.64. The van der Waals surface area contributed by atoms with E-state index >= 15 is 0 Å². The third-order valence-corrected chi connectivity index (χ3v) is 2.46. The van der Waals surface area contributed by atoms with E-state index in [0.717, 1.165) is 17.1 Å². The molecule has 0 unspecified atom stereocenters. The van der Waals surface area contributed by atoms with Crippen LogP contribution in [-0.4, -0.2) is 4.98 Å². The lowest BCUT2D eigenvalue weighted by molar-refractivity contribution is 0.498. The molecule has 1 aromatic rings. The van der Waals surface area contributed by atoms with E-state index in [1.807, 2.05) is 13.0 Å². The summed E-state index contributed by atoms with van der Waals surface area (Å²) in [5.74, 6) is 0. The van der Waals surface area contributed by atoms with Gasteiger partial charge in [0, 0.05) is 11.3 Å². The van der Waals surface area contributed by atoms with E-state index in [2.05, 4.69) is 36.8 Å². The van der Waals surface area contributed by atoms with Gasteiger partial charge in [0.05, 0.1) is 16.9 Å². The zero-order valence-corrected chi connectivity index (χ0v) is 8.31. The number of rotatable bonds is 0. The summed E-state index contributed by atoms with van der Waals surface area (Å²) >= 11 is 0. The quantitative estimate of drug-likeness (QED) is 0.652. The van der Waals surface area contributed by atoms with Crippen LogP contribution in [0.5, 0.6) is 0 Å². The van der Waals surface area contributed by atoms with Gasteiger partial charge in [-0.25, -0.2) is 0 Å². The highest BCUT2D eigenvalue weighted by molar-refractivity contribution is 5.68. The van der Waals surface area contributed by atoms with Crippen molar-refractivity contribution in [3.63, 3.8) is 0 Å². The Hall–Kier alpha value is -1.31. The van der Waals surface area contributed by atoms with Crippen molar-refractivity contribution in [2.24, 2.45) is 0 Å². The average molecular weight is 174 g/mol. The van der Waals surface area contributed by atoms with E-state index in [9.17, 15) is 0 Å². The molecular weight excluding hydrogens is 160 g/mol. The normalized spacial score (nSPS) is 18.2. The van der Waals surface area contributed by atoms with Gasteiger partial charge in [-0.3, -0.25) is 4.98 Å². The molecule has 2 nitrogen and oxygen atoms in total. The maximum atomic E-state index is 4.47. The molecular formula is C11H14N2. The van der Waals surface area contributed by atoms with Crippen LogP contribution in [0.2, 0.25) is 0 Å². The van der Waals surface area contributed by atoms with E-state index in [1.165, 1.54) is 5.56 Å². The number of hydrogen-bond donors (Lipinski definition) is 1. The lowest BCUT2D eigenvalue weighted by Gasteiger charge is -2.19. The number of aryl methyl sites for hydroxylation is 1. The highest BCUT2D eigenvalue weighted by atomic mass is 15.0. The van der Waals surface area contributed by atoms with E-state index in [0.29, 0.717) is 0 Å². The zero-order valence-electron chi connectivity index (χ0n) is 8.31. The lowest BCUT2D eigenvalue weighted by Crippen LogP contribution is -2.28. The number of pyridine rings is 1. The van der Waals surface area contributed by atoms with Crippen LogP contribution < -0.4 is 5.32 Å². The number of fused-ring (bicyclic) bond motifs is 1. The molecule has 0 bridgehead atoms. The molecule has 2 heteroatoms. The number of aromatic nitrogens is 1. The Kier molecular flexibility index (Phi) is 1.50. The standard InChI is InChI=1S/C11H14N2/c1-7-5-6-9-10(12-7)8(2)13-11(9,3)4/h5-6,13H,2H2,1,3-4H3. The predicted molar refractivity (Wildman–Crippen MR) is 54.2 cm³/mol. The Morgan fingerprint density at radius 1 is 1.38 bits per heavy atom. The molecule has 68 valence electrons. The van der Waals surface area contributed by atoms with Crippen LogP contribution in [0, 0.1) is 6.92 Å². The van der Waals surface area contributed by atoms with Crippen molar-refractivity contribution in [1.29, 1.82) is 0 Å². The average Bonchev–Trinajstić information content (AvgIpc) is 2.22. The van der Waals surface area contributed by atoms with Crippen molar-refractivity contribution in [3.8, 4) is 0 Å². The Morgan fingerprint density at radius 2 is 2.08 bits per heavy atom. The van der Waals surface area contributed by atoms with Crippen molar-refractivity contribution < 1.29 is 0 Å². The highest BCUT2D eigenvalue weighted by Gasteiger charge is 2.32. The summed E-state index contributed by atoms with van der Waals surface area (Å²) in [6, 6.07) is 4.17. The molecule has 0 radical (unpaired) electrons. The van der Waals surface area contributed by atoms with Gasteiger partial charge in [0.2, 0.25) is 0 Å². The van der Waals surface area contributed by atoms with E-state index in [4.69, 9.17) is 0 Å². The Balaban J connectivity index is 2.66. The molecule has 0 amide bonds. The molecule has 1 aliphatic heterocycles. The van der Waals surface area contributed by atoms with Crippen molar-refractivity contribution in [1.82, 2.24) is 10.3 Å². The van der Waals surface area contributed by atoms with Crippen molar-refractivity contribution in [2.45, 2.75) is 26.3 Å². The predicted octanol–water partition coefficient (Wildman–Crippen LogP) is 2.20. The number of hydrogen-bond acceptors (Lipinski definition) is 2. The molecule has 1 aliphatic rings. The summed E-state index contributed by atoms with van der Waals surface area (Å²) in [6.45, 7) is 10.2. The molecule has 1 aromatic heterocycles. The summed E-state index contributed by atoms with van der Waals surface area (Å²) in [5.41, 5.74) is 4.21. The first-order chi connectivity index (χ1) is 6.00. The van der Waals surface area contributed by atoms with Gasteiger partial charge in [-0.05, 0) is 26.8 Å². The van der Waals surface area contributed by atoms with Gasteiger partial charge >= 0.3 is 0 Å².